The Morgan fingerprint density at radius 1 is 1.27 bits per heavy atom. The molecule has 2 aliphatic heterocycles. The van der Waals surface area contributed by atoms with Crippen molar-refractivity contribution in [2.75, 3.05) is 18.5 Å². The van der Waals surface area contributed by atoms with Crippen molar-refractivity contribution in [2.45, 2.75) is 51.5 Å². The van der Waals surface area contributed by atoms with E-state index in [0.717, 1.165) is 0 Å². The second kappa shape index (κ2) is 8.77. The zero-order chi connectivity index (χ0) is 24.7. The molecule has 1 aromatic rings. The molecule has 2 aliphatic rings. The topological polar surface area (TPSA) is 148 Å². The average molecular weight is 479 g/mol. The van der Waals surface area contributed by atoms with Gasteiger partial charge in [-0.2, -0.15) is 8.42 Å². The van der Waals surface area contributed by atoms with Gasteiger partial charge in [0.25, 0.3) is 15.9 Å². The van der Waals surface area contributed by atoms with E-state index >= 15 is 0 Å². The van der Waals surface area contributed by atoms with E-state index in [4.69, 9.17) is 10.5 Å². The highest BCUT2D eigenvalue weighted by atomic mass is 32.2. The zero-order valence-electron chi connectivity index (χ0n) is 19.4. The number of fused-ring (bicyclic) bond motifs is 1. The number of hydrogen-bond acceptors (Lipinski definition) is 7. The van der Waals surface area contributed by atoms with E-state index in [1.165, 1.54) is 18.2 Å². The standard InChI is InChI=1S/C22H30N4O6S/c1-12(2)8-9-26-21(29)18(19(28)22(26,5)13(3)4)20-24-15-7-6-14(32-11-17(23)27)10-16(15)33(30,31)25-20/h6-7,10,12-13,18H,8-9,11H2,1-5H3,(H2,23,27)(H,24,25)/t18?,22-/m0/s1. The minimum Gasteiger partial charge on any atom is -0.484 e. The maximum absolute atomic E-state index is 13.5. The minimum atomic E-state index is -4.23. The highest BCUT2D eigenvalue weighted by Crippen LogP contribution is 2.40. The van der Waals surface area contributed by atoms with Crippen molar-refractivity contribution < 1.29 is 27.5 Å². The molecule has 11 heteroatoms. The number of Topliss-reactive ketones (excluding diaryl/α,β-unsaturated/α-hetero) is 1. The van der Waals surface area contributed by atoms with Crippen LogP contribution in [0.2, 0.25) is 0 Å². The average Bonchev–Trinajstić information content (AvgIpc) is 2.90. The molecular formula is C22H30N4O6S. The molecule has 1 unspecified atom stereocenters. The second-order valence-corrected chi connectivity index (χ2v) is 10.8. The summed E-state index contributed by atoms with van der Waals surface area (Å²) in [6.07, 6.45) is 0.711. The SMILES string of the molecule is CC(C)CCN1C(=O)C(C2=NS(=O)(=O)c3cc(OCC(N)=O)ccc3N2)C(=O)[C@]1(C)C(C)C. The van der Waals surface area contributed by atoms with Crippen LogP contribution in [0.15, 0.2) is 27.5 Å². The summed E-state index contributed by atoms with van der Waals surface area (Å²) in [6.45, 7) is 9.51. The van der Waals surface area contributed by atoms with E-state index in [2.05, 4.69) is 9.71 Å². The van der Waals surface area contributed by atoms with Crippen LogP contribution in [0.1, 0.15) is 41.0 Å². The molecule has 0 radical (unpaired) electrons. The van der Waals surface area contributed by atoms with E-state index in [1.54, 1.807) is 11.8 Å². The number of amides is 2. The normalized spacial score (nSPS) is 24.0. The van der Waals surface area contributed by atoms with Crippen molar-refractivity contribution >= 4 is 39.1 Å². The van der Waals surface area contributed by atoms with Crippen LogP contribution in [0.4, 0.5) is 5.69 Å². The molecular weight excluding hydrogens is 448 g/mol. The number of hydrogen-bond donors (Lipinski definition) is 2. The lowest BCUT2D eigenvalue weighted by Gasteiger charge is -2.37. The molecule has 2 heterocycles. The Bertz CT molecular complexity index is 1130. The molecule has 0 aromatic heterocycles. The van der Waals surface area contributed by atoms with Crippen LogP contribution in [-0.2, 0) is 24.4 Å². The summed E-state index contributed by atoms with van der Waals surface area (Å²) in [5.74, 6) is -2.81. The number of primary amides is 1. The van der Waals surface area contributed by atoms with Crippen molar-refractivity contribution in [3.63, 3.8) is 0 Å². The molecule has 1 aromatic carbocycles. The molecule has 0 spiro atoms. The van der Waals surface area contributed by atoms with E-state index in [9.17, 15) is 22.8 Å². The third-order valence-corrected chi connectivity index (χ3v) is 7.59. The quantitative estimate of drug-likeness (QED) is 0.539. The van der Waals surface area contributed by atoms with Gasteiger partial charge in [0, 0.05) is 12.6 Å². The first-order valence-corrected chi connectivity index (χ1v) is 12.3. The first-order chi connectivity index (χ1) is 15.3. The van der Waals surface area contributed by atoms with Crippen LogP contribution in [0.5, 0.6) is 5.75 Å². The molecule has 10 nitrogen and oxygen atoms in total. The van der Waals surface area contributed by atoms with E-state index < -0.39 is 39.9 Å². The fourth-order valence-corrected chi connectivity index (χ4v) is 5.19. The Morgan fingerprint density at radius 2 is 1.94 bits per heavy atom. The highest BCUT2D eigenvalue weighted by molar-refractivity contribution is 7.90. The number of ketones is 1. The molecule has 1 fully saturated rings. The van der Waals surface area contributed by atoms with Crippen molar-refractivity contribution in [3.05, 3.63) is 18.2 Å². The lowest BCUT2D eigenvalue weighted by molar-refractivity contribution is -0.134. The lowest BCUT2D eigenvalue weighted by atomic mass is 9.82. The Morgan fingerprint density at radius 3 is 2.52 bits per heavy atom. The number of amidine groups is 1. The van der Waals surface area contributed by atoms with Gasteiger partial charge >= 0.3 is 0 Å². The molecule has 1 saturated heterocycles. The van der Waals surface area contributed by atoms with E-state index in [-0.39, 0.29) is 33.9 Å². The summed E-state index contributed by atoms with van der Waals surface area (Å²) in [5.41, 5.74) is 4.15. The van der Waals surface area contributed by atoms with Crippen LogP contribution >= 0.6 is 0 Å². The van der Waals surface area contributed by atoms with E-state index in [1.807, 2.05) is 27.7 Å². The summed E-state index contributed by atoms with van der Waals surface area (Å²) in [4.78, 5) is 39.2. The van der Waals surface area contributed by atoms with Gasteiger partial charge in [-0.3, -0.25) is 14.4 Å². The maximum atomic E-state index is 13.5. The summed E-state index contributed by atoms with van der Waals surface area (Å²) < 4.78 is 34.8. The third-order valence-electron chi connectivity index (χ3n) is 6.26. The molecule has 2 amide bonds. The van der Waals surface area contributed by atoms with Crippen molar-refractivity contribution in [1.82, 2.24) is 4.90 Å². The minimum absolute atomic E-state index is 0.122. The van der Waals surface area contributed by atoms with E-state index in [0.29, 0.717) is 18.9 Å². The fraction of sp³-hybridized carbons (Fsp3) is 0.545. The maximum Gasteiger partial charge on any atom is 0.286 e. The first kappa shape index (κ1) is 24.7. The van der Waals surface area contributed by atoms with Gasteiger partial charge in [-0.05, 0) is 37.3 Å². The largest absolute Gasteiger partial charge is 0.484 e. The van der Waals surface area contributed by atoms with Gasteiger partial charge in [0.15, 0.2) is 18.3 Å². The number of rotatable bonds is 8. The summed E-state index contributed by atoms with van der Waals surface area (Å²) >= 11 is 0. The number of anilines is 1. The van der Waals surface area contributed by atoms with Gasteiger partial charge in [0.2, 0.25) is 5.91 Å². The number of sulfonamides is 1. The number of nitrogens with two attached hydrogens (primary N) is 1. The van der Waals surface area contributed by atoms with Gasteiger partial charge in [-0.25, -0.2) is 0 Å². The number of nitrogens with zero attached hydrogens (tertiary/aromatic N) is 2. The number of nitrogens with one attached hydrogen (secondary N) is 1. The summed E-state index contributed by atoms with van der Waals surface area (Å²) in [7, 11) is -4.23. The molecule has 0 aliphatic carbocycles. The monoisotopic (exact) mass is 478 g/mol. The highest BCUT2D eigenvalue weighted by Gasteiger charge is 2.59. The van der Waals surface area contributed by atoms with Gasteiger partial charge in [-0.1, -0.05) is 27.7 Å². The van der Waals surface area contributed by atoms with Crippen LogP contribution < -0.4 is 15.8 Å². The van der Waals surface area contributed by atoms with Crippen LogP contribution in [0, 0.1) is 17.8 Å². The van der Waals surface area contributed by atoms with Gasteiger partial charge in [-0.15, -0.1) is 4.40 Å². The van der Waals surface area contributed by atoms with Gasteiger partial charge in [0.1, 0.15) is 22.0 Å². The van der Waals surface area contributed by atoms with Crippen LogP contribution in [0.3, 0.4) is 0 Å². The van der Waals surface area contributed by atoms with Crippen molar-refractivity contribution in [1.29, 1.82) is 0 Å². The molecule has 0 saturated carbocycles. The number of carbonyl (C=O) groups is 3. The first-order valence-electron chi connectivity index (χ1n) is 10.8. The Kier molecular flexibility index (Phi) is 6.56. The number of likely N-dealkylation sites (tertiary alicyclic amines) is 1. The molecule has 180 valence electrons. The lowest BCUT2D eigenvalue weighted by Crippen LogP contribution is -2.51. The number of carbonyl (C=O) groups excluding carboxylic acids is 3. The second-order valence-electron chi connectivity index (χ2n) is 9.26. The predicted molar refractivity (Wildman–Crippen MR) is 122 cm³/mol. The fourth-order valence-electron chi connectivity index (χ4n) is 4.02. The Labute approximate surface area is 193 Å². The summed E-state index contributed by atoms with van der Waals surface area (Å²) in [5, 5.41) is 2.86. The van der Waals surface area contributed by atoms with Crippen LogP contribution in [-0.4, -0.2) is 55.4 Å². The van der Waals surface area contributed by atoms with Crippen LogP contribution in [0.25, 0.3) is 0 Å². The van der Waals surface area contributed by atoms with Gasteiger partial charge in [0.05, 0.1) is 5.69 Å². The molecule has 3 rings (SSSR count). The van der Waals surface area contributed by atoms with Gasteiger partial charge < -0.3 is 20.7 Å². The van der Waals surface area contributed by atoms with Crippen molar-refractivity contribution in [2.24, 2.45) is 27.9 Å². The number of ether oxygens (including phenoxy) is 1. The smallest absolute Gasteiger partial charge is 0.286 e. The zero-order valence-corrected chi connectivity index (χ0v) is 20.2. The Hall–Kier alpha value is -2.95. The summed E-state index contributed by atoms with van der Waals surface area (Å²) in [6, 6.07) is 4.10. The predicted octanol–water partition coefficient (Wildman–Crippen LogP) is 1.55. The third kappa shape index (κ3) is 4.46. The molecule has 3 N–H and O–H groups in total. The number of benzene rings is 1. The molecule has 0 bridgehead atoms. The van der Waals surface area contributed by atoms with Crippen molar-refractivity contribution in [3.8, 4) is 5.75 Å². The molecule has 2 atom stereocenters. The Balaban J connectivity index is 1.98. The molecule has 33 heavy (non-hydrogen) atoms.